The molecule has 5 nitrogen and oxygen atoms in total. The van der Waals surface area contributed by atoms with Gasteiger partial charge in [-0.05, 0) is 50.4 Å². The average Bonchev–Trinajstić information content (AvgIpc) is 3.11. The van der Waals surface area contributed by atoms with Crippen LogP contribution in [0.1, 0.15) is 41.9 Å². The molecule has 1 aromatic rings. The Kier molecular flexibility index (Phi) is 5.97. The summed E-state index contributed by atoms with van der Waals surface area (Å²) in [6.07, 6.45) is 3.52. The summed E-state index contributed by atoms with van der Waals surface area (Å²) in [7, 11) is 3.67. The lowest BCUT2D eigenvalue weighted by Gasteiger charge is -2.32. The van der Waals surface area contributed by atoms with Gasteiger partial charge in [0.1, 0.15) is 5.75 Å². The van der Waals surface area contributed by atoms with Gasteiger partial charge in [0.25, 0.3) is 0 Å². The molecule has 1 aromatic carbocycles. The summed E-state index contributed by atoms with van der Waals surface area (Å²) < 4.78 is 5.61. The number of carbonyl (C=O) groups is 1. The van der Waals surface area contributed by atoms with Gasteiger partial charge in [-0.15, -0.1) is 0 Å². The number of benzene rings is 1. The Morgan fingerprint density at radius 3 is 2.72 bits per heavy atom. The summed E-state index contributed by atoms with van der Waals surface area (Å²) in [5, 5.41) is 6.73. The molecule has 2 N–H and O–H groups in total. The van der Waals surface area contributed by atoms with Crippen molar-refractivity contribution >= 4 is 5.91 Å². The van der Waals surface area contributed by atoms with E-state index in [0.717, 1.165) is 51.3 Å². The van der Waals surface area contributed by atoms with E-state index < -0.39 is 0 Å². The van der Waals surface area contributed by atoms with E-state index in [0.29, 0.717) is 5.91 Å². The maximum Gasteiger partial charge on any atom is 0.227 e. The van der Waals surface area contributed by atoms with Crippen molar-refractivity contribution < 1.29 is 9.53 Å². The molecule has 2 atom stereocenters. The highest BCUT2D eigenvalue weighted by molar-refractivity contribution is 5.81. The number of nitrogens with one attached hydrogen (secondary N) is 2. The molecule has 25 heavy (non-hydrogen) atoms. The van der Waals surface area contributed by atoms with Gasteiger partial charge in [0.15, 0.2) is 0 Å². The van der Waals surface area contributed by atoms with E-state index in [-0.39, 0.29) is 11.8 Å². The van der Waals surface area contributed by atoms with Crippen LogP contribution in [0.4, 0.5) is 0 Å². The SMILES string of the molecule is CNCc1c(OC)ccc(C)c1[C@@H]1CNCC1C(=O)N1CCCCC1. The van der Waals surface area contributed by atoms with E-state index in [1.807, 2.05) is 13.1 Å². The molecule has 2 saturated heterocycles. The summed E-state index contributed by atoms with van der Waals surface area (Å²) >= 11 is 0. The van der Waals surface area contributed by atoms with Crippen molar-refractivity contribution in [2.45, 2.75) is 38.6 Å². The molecule has 2 fully saturated rings. The van der Waals surface area contributed by atoms with Gasteiger partial charge in [-0.2, -0.15) is 0 Å². The Balaban J connectivity index is 1.92. The van der Waals surface area contributed by atoms with Gasteiger partial charge in [0.2, 0.25) is 5.91 Å². The Bertz CT molecular complexity index is 611. The fourth-order valence-corrected chi connectivity index (χ4v) is 4.42. The molecule has 0 aromatic heterocycles. The molecule has 0 spiro atoms. The summed E-state index contributed by atoms with van der Waals surface area (Å²) in [4.78, 5) is 15.2. The lowest BCUT2D eigenvalue weighted by molar-refractivity contribution is -0.136. The second kappa shape index (κ2) is 8.19. The molecule has 3 rings (SSSR count). The number of amides is 1. The third-order valence-electron chi connectivity index (χ3n) is 5.68. The predicted octanol–water partition coefficient (Wildman–Crippen LogP) is 2.04. The van der Waals surface area contributed by atoms with Crippen molar-refractivity contribution in [2.75, 3.05) is 40.3 Å². The zero-order chi connectivity index (χ0) is 17.8. The molecule has 2 aliphatic rings. The summed E-state index contributed by atoms with van der Waals surface area (Å²) in [6, 6.07) is 4.16. The smallest absolute Gasteiger partial charge is 0.227 e. The van der Waals surface area contributed by atoms with Crippen LogP contribution < -0.4 is 15.4 Å². The minimum Gasteiger partial charge on any atom is -0.496 e. The Labute approximate surface area is 151 Å². The minimum absolute atomic E-state index is 0.0273. The maximum atomic E-state index is 13.2. The number of methoxy groups -OCH3 is 1. The number of likely N-dealkylation sites (tertiary alicyclic amines) is 1. The van der Waals surface area contributed by atoms with Crippen molar-refractivity contribution in [2.24, 2.45) is 5.92 Å². The van der Waals surface area contributed by atoms with Crippen LogP contribution in [0.15, 0.2) is 12.1 Å². The molecule has 0 radical (unpaired) electrons. The number of carbonyl (C=O) groups excluding carboxylic acids is 1. The summed E-state index contributed by atoms with van der Waals surface area (Å²) in [6.45, 7) is 6.37. The number of rotatable bonds is 5. The third kappa shape index (κ3) is 3.67. The number of nitrogens with zero attached hydrogens (tertiary/aromatic N) is 1. The van der Waals surface area contributed by atoms with Gasteiger partial charge in [-0.1, -0.05) is 6.07 Å². The van der Waals surface area contributed by atoms with Crippen molar-refractivity contribution in [3.05, 3.63) is 28.8 Å². The van der Waals surface area contributed by atoms with Crippen LogP contribution in [0.25, 0.3) is 0 Å². The minimum atomic E-state index is 0.0273. The van der Waals surface area contributed by atoms with E-state index in [4.69, 9.17) is 4.74 Å². The normalized spacial score (nSPS) is 23.7. The van der Waals surface area contributed by atoms with Gasteiger partial charge in [0, 0.05) is 44.2 Å². The lowest BCUT2D eigenvalue weighted by Crippen LogP contribution is -2.41. The average molecular weight is 345 g/mol. The van der Waals surface area contributed by atoms with Gasteiger partial charge in [0.05, 0.1) is 13.0 Å². The van der Waals surface area contributed by atoms with Crippen LogP contribution in [0.2, 0.25) is 0 Å². The summed E-state index contributed by atoms with van der Waals surface area (Å²) in [5.41, 5.74) is 3.72. The van der Waals surface area contributed by atoms with E-state index >= 15 is 0 Å². The second-order valence-corrected chi connectivity index (χ2v) is 7.26. The lowest BCUT2D eigenvalue weighted by atomic mass is 9.82. The van der Waals surface area contributed by atoms with Crippen molar-refractivity contribution in [1.29, 1.82) is 0 Å². The Morgan fingerprint density at radius 1 is 1.28 bits per heavy atom. The first-order valence-corrected chi connectivity index (χ1v) is 9.47. The molecule has 0 saturated carbocycles. The zero-order valence-electron chi connectivity index (χ0n) is 15.7. The highest BCUT2D eigenvalue weighted by Gasteiger charge is 2.38. The second-order valence-electron chi connectivity index (χ2n) is 7.26. The number of ether oxygens (including phenoxy) is 1. The highest BCUT2D eigenvalue weighted by atomic mass is 16.5. The van der Waals surface area contributed by atoms with E-state index in [2.05, 4.69) is 28.5 Å². The van der Waals surface area contributed by atoms with Crippen molar-refractivity contribution in [3.8, 4) is 5.75 Å². The molecule has 2 heterocycles. The third-order valence-corrected chi connectivity index (χ3v) is 5.68. The molecule has 1 unspecified atom stereocenters. The Morgan fingerprint density at radius 2 is 2.04 bits per heavy atom. The maximum absolute atomic E-state index is 13.2. The van der Waals surface area contributed by atoms with Gasteiger partial charge in [-0.25, -0.2) is 0 Å². The van der Waals surface area contributed by atoms with Gasteiger partial charge in [-0.3, -0.25) is 4.79 Å². The topological polar surface area (TPSA) is 53.6 Å². The molecular weight excluding hydrogens is 314 g/mol. The number of piperidine rings is 1. The summed E-state index contributed by atoms with van der Waals surface area (Å²) in [5.74, 6) is 1.48. The molecule has 0 aliphatic carbocycles. The van der Waals surface area contributed by atoms with Gasteiger partial charge < -0.3 is 20.3 Å². The van der Waals surface area contributed by atoms with Crippen molar-refractivity contribution in [1.82, 2.24) is 15.5 Å². The van der Waals surface area contributed by atoms with Crippen LogP contribution in [0.5, 0.6) is 5.75 Å². The number of aryl methyl sites for hydroxylation is 1. The molecule has 138 valence electrons. The first-order valence-electron chi connectivity index (χ1n) is 9.47. The zero-order valence-corrected chi connectivity index (χ0v) is 15.7. The van der Waals surface area contributed by atoms with Gasteiger partial charge >= 0.3 is 0 Å². The van der Waals surface area contributed by atoms with E-state index in [1.54, 1.807) is 7.11 Å². The quantitative estimate of drug-likeness (QED) is 0.857. The first-order chi connectivity index (χ1) is 12.2. The molecule has 5 heteroatoms. The highest BCUT2D eigenvalue weighted by Crippen LogP contribution is 2.38. The fourth-order valence-electron chi connectivity index (χ4n) is 4.42. The first kappa shape index (κ1) is 18.2. The van der Waals surface area contributed by atoms with Crippen LogP contribution in [-0.2, 0) is 11.3 Å². The predicted molar refractivity (Wildman–Crippen MR) is 100 cm³/mol. The largest absolute Gasteiger partial charge is 0.496 e. The fraction of sp³-hybridized carbons (Fsp3) is 0.650. The van der Waals surface area contributed by atoms with E-state index in [9.17, 15) is 4.79 Å². The van der Waals surface area contributed by atoms with Crippen LogP contribution in [0, 0.1) is 12.8 Å². The van der Waals surface area contributed by atoms with Crippen LogP contribution in [-0.4, -0.2) is 51.1 Å². The Hall–Kier alpha value is -1.59. The molecule has 0 bridgehead atoms. The van der Waals surface area contributed by atoms with Crippen LogP contribution >= 0.6 is 0 Å². The number of hydrogen-bond acceptors (Lipinski definition) is 4. The van der Waals surface area contributed by atoms with Crippen LogP contribution in [0.3, 0.4) is 0 Å². The molecule has 1 amide bonds. The molecular formula is C20H31N3O2. The molecule has 2 aliphatic heterocycles. The van der Waals surface area contributed by atoms with Crippen molar-refractivity contribution in [3.63, 3.8) is 0 Å². The monoisotopic (exact) mass is 345 g/mol. The van der Waals surface area contributed by atoms with E-state index in [1.165, 1.54) is 23.1 Å². The number of hydrogen-bond donors (Lipinski definition) is 2. The standard InChI is InChI=1S/C20H31N3O2/c1-14-7-8-18(25-3)17(11-21-2)19(14)15-12-22-13-16(15)20(24)23-9-5-4-6-10-23/h7-8,15-16,21-22H,4-6,9-13H2,1-3H3/t15-,16?/m1/s1.